The van der Waals surface area contributed by atoms with Crippen molar-refractivity contribution in [2.45, 2.75) is 65.8 Å². The van der Waals surface area contributed by atoms with E-state index in [1.165, 1.54) is 5.56 Å². The van der Waals surface area contributed by atoms with Crippen molar-refractivity contribution in [1.82, 2.24) is 15.5 Å². The van der Waals surface area contributed by atoms with Crippen LogP contribution in [-0.4, -0.2) is 42.9 Å². The molecule has 0 aliphatic carbocycles. The van der Waals surface area contributed by atoms with Gasteiger partial charge < -0.3 is 10.6 Å². The SMILES string of the molecule is CCCNC(=O)C1CCN(CC(=O)NC(c2ccc(C(C)C)cc2)C(C)C)CC1. The van der Waals surface area contributed by atoms with Crippen molar-refractivity contribution in [2.75, 3.05) is 26.2 Å². The third kappa shape index (κ3) is 7.14. The van der Waals surface area contributed by atoms with Gasteiger partial charge in [0.1, 0.15) is 0 Å². The second-order valence-electron chi connectivity index (χ2n) is 8.95. The fourth-order valence-corrected chi connectivity index (χ4v) is 3.89. The van der Waals surface area contributed by atoms with Gasteiger partial charge in [0.2, 0.25) is 11.8 Å². The largest absolute Gasteiger partial charge is 0.356 e. The molecular formula is C24H39N3O2. The minimum Gasteiger partial charge on any atom is -0.356 e. The van der Waals surface area contributed by atoms with Crippen LogP contribution < -0.4 is 10.6 Å². The Morgan fingerprint density at radius 3 is 2.14 bits per heavy atom. The van der Waals surface area contributed by atoms with E-state index < -0.39 is 0 Å². The molecule has 29 heavy (non-hydrogen) atoms. The minimum absolute atomic E-state index is 0.0149. The van der Waals surface area contributed by atoms with Crippen LogP contribution in [0.4, 0.5) is 0 Å². The molecule has 5 heteroatoms. The number of nitrogens with one attached hydrogen (secondary N) is 2. The third-order valence-corrected chi connectivity index (χ3v) is 5.82. The van der Waals surface area contributed by atoms with E-state index in [9.17, 15) is 9.59 Å². The van der Waals surface area contributed by atoms with Gasteiger partial charge in [-0.1, -0.05) is 58.9 Å². The molecule has 1 aromatic rings. The summed E-state index contributed by atoms with van der Waals surface area (Å²) in [6.07, 6.45) is 2.61. The van der Waals surface area contributed by atoms with Gasteiger partial charge in [0.05, 0.1) is 12.6 Å². The lowest BCUT2D eigenvalue weighted by Gasteiger charge is -2.31. The van der Waals surface area contributed by atoms with Crippen LogP contribution in [0, 0.1) is 11.8 Å². The molecule has 1 unspecified atom stereocenters. The van der Waals surface area contributed by atoms with E-state index in [0.717, 1.165) is 44.5 Å². The number of benzene rings is 1. The molecular weight excluding hydrogens is 362 g/mol. The Balaban J connectivity index is 1.86. The van der Waals surface area contributed by atoms with Crippen molar-refractivity contribution in [1.29, 1.82) is 0 Å². The van der Waals surface area contributed by atoms with E-state index in [1.54, 1.807) is 0 Å². The Morgan fingerprint density at radius 2 is 1.62 bits per heavy atom. The van der Waals surface area contributed by atoms with Crippen LogP contribution in [-0.2, 0) is 9.59 Å². The predicted molar refractivity (Wildman–Crippen MR) is 119 cm³/mol. The molecule has 1 aliphatic heterocycles. The fraction of sp³-hybridized carbons (Fsp3) is 0.667. The number of hydrogen-bond donors (Lipinski definition) is 2. The van der Waals surface area contributed by atoms with Crippen molar-refractivity contribution < 1.29 is 9.59 Å². The smallest absolute Gasteiger partial charge is 0.234 e. The van der Waals surface area contributed by atoms with Gasteiger partial charge >= 0.3 is 0 Å². The zero-order chi connectivity index (χ0) is 21.4. The second-order valence-corrected chi connectivity index (χ2v) is 8.95. The highest BCUT2D eigenvalue weighted by atomic mass is 16.2. The van der Waals surface area contributed by atoms with Gasteiger partial charge in [-0.05, 0) is 55.3 Å². The summed E-state index contributed by atoms with van der Waals surface area (Å²) >= 11 is 0. The number of carbonyl (C=O) groups excluding carboxylic acids is 2. The minimum atomic E-state index is 0.0149. The van der Waals surface area contributed by atoms with E-state index in [2.05, 4.69) is 74.4 Å². The molecule has 1 atom stereocenters. The van der Waals surface area contributed by atoms with Gasteiger partial charge in [-0.25, -0.2) is 0 Å². The molecule has 1 saturated heterocycles. The summed E-state index contributed by atoms with van der Waals surface area (Å²) in [7, 11) is 0. The summed E-state index contributed by atoms with van der Waals surface area (Å²) in [5, 5.41) is 6.22. The van der Waals surface area contributed by atoms with Crippen molar-refractivity contribution in [3.8, 4) is 0 Å². The monoisotopic (exact) mass is 401 g/mol. The van der Waals surface area contributed by atoms with Gasteiger partial charge in [0.25, 0.3) is 0 Å². The molecule has 0 bridgehead atoms. The van der Waals surface area contributed by atoms with Crippen LogP contribution in [0.2, 0.25) is 0 Å². The number of rotatable bonds is 9. The normalized spacial score (nSPS) is 16.8. The molecule has 0 spiro atoms. The molecule has 0 radical (unpaired) electrons. The van der Waals surface area contributed by atoms with Crippen molar-refractivity contribution in [3.05, 3.63) is 35.4 Å². The second kappa shape index (κ2) is 11.3. The topological polar surface area (TPSA) is 61.4 Å². The molecule has 1 aromatic carbocycles. The summed E-state index contributed by atoms with van der Waals surface area (Å²) < 4.78 is 0. The number of hydrogen-bond acceptors (Lipinski definition) is 3. The summed E-state index contributed by atoms with van der Waals surface area (Å²) in [5.74, 6) is 1.13. The number of carbonyl (C=O) groups is 2. The number of likely N-dealkylation sites (tertiary alicyclic amines) is 1. The maximum Gasteiger partial charge on any atom is 0.234 e. The Morgan fingerprint density at radius 1 is 1.03 bits per heavy atom. The average molecular weight is 402 g/mol. The van der Waals surface area contributed by atoms with Gasteiger partial charge in [0.15, 0.2) is 0 Å². The summed E-state index contributed by atoms with van der Waals surface area (Å²) in [6.45, 7) is 13.5. The highest BCUT2D eigenvalue weighted by Gasteiger charge is 2.26. The van der Waals surface area contributed by atoms with Gasteiger partial charge in [-0.2, -0.15) is 0 Å². The quantitative estimate of drug-likeness (QED) is 0.660. The van der Waals surface area contributed by atoms with Crippen molar-refractivity contribution in [2.24, 2.45) is 11.8 Å². The van der Waals surface area contributed by atoms with Crippen LogP contribution in [0.5, 0.6) is 0 Å². The number of piperidine rings is 1. The van der Waals surface area contributed by atoms with Gasteiger partial charge in [0, 0.05) is 12.5 Å². The van der Waals surface area contributed by atoms with Crippen molar-refractivity contribution >= 4 is 11.8 Å². The zero-order valence-electron chi connectivity index (χ0n) is 18.8. The molecule has 2 rings (SSSR count). The van der Waals surface area contributed by atoms with E-state index >= 15 is 0 Å². The first-order valence-electron chi connectivity index (χ1n) is 11.2. The zero-order valence-corrected chi connectivity index (χ0v) is 18.8. The van der Waals surface area contributed by atoms with Crippen LogP contribution in [0.25, 0.3) is 0 Å². The Kier molecular flexibility index (Phi) is 9.15. The predicted octanol–water partition coefficient (Wildman–Crippen LogP) is 3.86. The van der Waals surface area contributed by atoms with Crippen molar-refractivity contribution in [3.63, 3.8) is 0 Å². The first-order chi connectivity index (χ1) is 13.8. The molecule has 162 valence electrons. The van der Waals surface area contributed by atoms with Gasteiger partial charge in [-0.15, -0.1) is 0 Å². The van der Waals surface area contributed by atoms with E-state index in [0.29, 0.717) is 18.4 Å². The first kappa shape index (κ1) is 23.4. The van der Waals surface area contributed by atoms with E-state index in [4.69, 9.17) is 0 Å². The van der Waals surface area contributed by atoms with Crippen LogP contribution >= 0.6 is 0 Å². The lowest BCUT2D eigenvalue weighted by molar-refractivity contribution is -0.127. The molecule has 2 N–H and O–H groups in total. The van der Waals surface area contributed by atoms with Gasteiger partial charge in [-0.3, -0.25) is 14.5 Å². The highest BCUT2D eigenvalue weighted by Crippen LogP contribution is 2.24. The van der Waals surface area contributed by atoms with Crippen LogP contribution in [0.3, 0.4) is 0 Å². The molecule has 5 nitrogen and oxygen atoms in total. The number of nitrogens with zero attached hydrogens (tertiary/aromatic N) is 1. The summed E-state index contributed by atoms with van der Waals surface area (Å²) in [6, 6.07) is 8.62. The standard InChI is InChI=1S/C24H39N3O2/c1-6-13-25-24(29)21-11-14-27(15-12-21)16-22(28)26-23(18(4)5)20-9-7-19(8-10-20)17(2)3/h7-10,17-18,21,23H,6,11-16H2,1-5H3,(H,25,29)(H,26,28). The van der Waals surface area contributed by atoms with E-state index in [1.807, 2.05) is 0 Å². The highest BCUT2D eigenvalue weighted by molar-refractivity contribution is 5.79. The molecule has 1 aliphatic rings. The average Bonchev–Trinajstić information content (AvgIpc) is 2.70. The Labute approximate surface area is 176 Å². The molecule has 1 heterocycles. The number of amides is 2. The lowest BCUT2D eigenvalue weighted by atomic mass is 9.93. The maximum atomic E-state index is 12.7. The van der Waals surface area contributed by atoms with Crippen LogP contribution in [0.1, 0.15) is 77.0 Å². The summed E-state index contributed by atoms with van der Waals surface area (Å²) in [4.78, 5) is 27.0. The molecule has 0 aromatic heterocycles. The summed E-state index contributed by atoms with van der Waals surface area (Å²) in [5.41, 5.74) is 2.47. The fourth-order valence-electron chi connectivity index (χ4n) is 3.89. The Hall–Kier alpha value is -1.88. The maximum absolute atomic E-state index is 12.7. The first-order valence-corrected chi connectivity index (χ1v) is 11.2. The molecule has 0 saturated carbocycles. The third-order valence-electron chi connectivity index (χ3n) is 5.82. The van der Waals surface area contributed by atoms with Crippen LogP contribution in [0.15, 0.2) is 24.3 Å². The van der Waals surface area contributed by atoms with E-state index in [-0.39, 0.29) is 23.8 Å². The Bertz CT molecular complexity index is 647. The lowest BCUT2D eigenvalue weighted by Crippen LogP contribution is -2.45. The molecule has 1 fully saturated rings. The molecule has 2 amide bonds.